The summed E-state index contributed by atoms with van der Waals surface area (Å²) in [6, 6.07) is 5.49. The van der Waals surface area contributed by atoms with Gasteiger partial charge in [0.05, 0.1) is 7.11 Å². The molecule has 3 unspecified atom stereocenters. The summed E-state index contributed by atoms with van der Waals surface area (Å²) in [5.41, 5.74) is 6.21. The van der Waals surface area contributed by atoms with E-state index in [4.69, 9.17) is 15.2 Å². The number of amides is 3. The molecule has 0 saturated heterocycles. The van der Waals surface area contributed by atoms with Gasteiger partial charge in [-0.05, 0) is 36.0 Å². The van der Waals surface area contributed by atoms with Crippen LogP contribution in [0, 0.1) is 11.8 Å². The summed E-state index contributed by atoms with van der Waals surface area (Å²) < 4.78 is 10.3. The van der Waals surface area contributed by atoms with Crippen LogP contribution in [-0.2, 0) is 20.9 Å². The van der Waals surface area contributed by atoms with Crippen LogP contribution < -0.4 is 21.1 Å². The molecule has 0 aliphatic carbocycles. The molecule has 0 aliphatic heterocycles. The Morgan fingerprint density at radius 3 is 2.17 bits per heavy atom. The third-order valence-corrected chi connectivity index (χ3v) is 4.66. The Hall–Kier alpha value is -2.77. The quantitative estimate of drug-likeness (QED) is 0.520. The maximum Gasteiger partial charge on any atom is 0.408 e. The fraction of sp³-hybridized carbons (Fsp3) is 0.571. The highest BCUT2D eigenvalue weighted by atomic mass is 16.5. The van der Waals surface area contributed by atoms with E-state index in [9.17, 15) is 14.4 Å². The van der Waals surface area contributed by atoms with Crippen molar-refractivity contribution in [2.24, 2.45) is 17.6 Å². The van der Waals surface area contributed by atoms with Gasteiger partial charge in [0.15, 0.2) is 0 Å². The van der Waals surface area contributed by atoms with E-state index in [0.29, 0.717) is 18.6 Å². The van der Waals surface area contributed by atoms with Crippen molar-refractivity contribution in [1.82, 2.24) is 10.6 Å². The molecule has 3 amide bonds. The van der Waals surface area contributed by atoms with Crippen molar-refractivity contribution in [2.75, 3.05) is 7.11 Å². The van der Waals surface area contributed by atoms with E-state index in [0.717, 1.165) is 5.56 Å². The fourth-order valence-corrected chi connectivity index (χ4v) is 2.74. The first kappa shape index (κ1) is 24.3. The predicted octanol–water partition coefficient (Wildman–Crippen LogP) is 2.35. The lowest BCUT2D eigenvalue weighted by Gasteiger charge is -2.25. The van der Waals surface area contributed by atoms with Crippen molar-refractivity contribution in [2.45, 2.75) is 59.2 Å². The van der Waals surface area contributed by atoms with Crippen LogP contribution in [0.2, 0.25) is 0 Å². The molecule has 162 valence electrons. The molecule has 1 rings (SSSR count). The van der Waals surface area contributed by atoms with Gasteiger partial charge >= 0.3 is 6.09 Å². The molecule has 0 spiro atoms. The maximum absolute atomic E-state index is 12.7. The second-order valence-electron chi connectivity index (χ2n) is 7.52. The molecule has 0 fully saturated rings. The average molecular weight is 408 g/mol. The number of hydrogen-bond donors (Lipinski definition) is 3. The number of rotatable bonds is 11. The Morgan fingerprint density at radius 1 is 1.07 bits per heavy atom. The average Bonchev–Trinajstić information content (AvgIpc) is 2.69. The standard InChI is InChI=1S/C21H33N3O5/c1-6-14(4)18(19(22)25)24-20(26)17(11-13(2)3)23-21(27)29-12-15-7-9-16(28-5)10-8-15/h7-10,13-14,17-18H,6,11-12H2,1-5H3,(H2,22,25)(H,23,27)(H,24,26). The van der Waals surface area contributed by atoms with E-state index in [1.807, 2.05) is 27.7 Å². The second kappa shape index (κ2) is 11.9. The highest BCUT2D eigenvalue weighted by Gasteiger charge is 2.29. The van der Waals surface area contributed by atoms with Crippen LogP contribution in [0.25, 0.3) is 0 Å². The first-order valence-corrected chi connectivity index (χ1v) is 9.83. The lowest BCUT2D eigenvalue weighted by Crippen LogP contribution is -2.55. The number of methoxy groups -OCH3 is 1. The first-order valence-electron chi connectivity index (χ1n) is 9.83. The molecule has 0 bridgehead atoms. The van der Waals surface area contributed by atoms with E-state index in [-0.39, 0.29) is 18.4 Å². The van der Waals surface area contributed by atoms with Crippen LogP contribution in [0.3, 0.4) is 0 Å². The summed E-state index contributed by atoms with van der Waals surface area (Å²) in [4.78, 5) is 36.6. The van der Waals surface area contributed by atoms with Gasteiger partial charge in [0.1, 0.15) is 24.4 Å². The first-order chi connectivity index (χ1) is 13.7. The summed E-state index contributed by atoms with van der Waals surface area (Å²) in [7, 11) is 1.57. The number of hydrogen-bond acceptors (Lipinski definition) is 5. The van der Waals surface area contributed by atoms with Crippen molar-refractivity contribution >= 4 is 17.9 Å². The zero-order valence-electron chi connectivity index (χ0n) is 17.9. The largest absolute Gasteiger partial charge is 0.497 e. The molecular formula is C21H33N3O5. The van der Waals surface area contributed by atoms with E-state index in [1.165, 1.54) is 0 Å². The fourth-order valence-electron chi connectivity index (χ4n) is 2.74. The molecule has 0 aliphatic rings. The summed E-state index contributed by atoms with van der Waals surface area (Å²) in [6.07, 6.45) is 0.371. The third-order valence-electron chi connectivity index (χ3n) is 4.66. The van der Waals surface area contributed by atoms with Gasteiger partial charge < -0.3 is 25.8 Å². The Balaban J connectivity index is 2.71. The Labute approximate surface area is 172 Å². The van der Waals surface area contributed by atoms with Gasteiger partial charge in [-0.3, -0.25) is 9.59 Å². The molecule has 1 aromatic rings. The second-order valence-corrected chi connectivity index (χ2v) is 7.52. The molecule has 4 N–H and O–H groups in total. The third kappa shape index (κ3) is 8.41. The molecule has 0 aromatic heterocycles. The minimum Gasteiger partial charge on any atom is -0.497 e. The highest BCUT2D eigenvalue weighted by molar-refractivity contribution is 5.90. The zero-order valence-corrected chi connectivity index (χ0v) is 17.9. The molecule has 0 radical (unpaired) electrons. The SMILES string of the molecule is CCC(C)C(NC(=O)C(CC(C)C)NC(=O)OCc1ccc(OC)cc1)C(N)=O. The Kier molecular flexibility index (Phi) is 9.99. The lowest BCUT2D eigenvalue weighted by atomic mass is 9.97. The predicted molar refractivity (Wildman–Crippen MR) is 110 cm³/mol. The Bertz CT molecular complexity index is 675. The highest BCUT2D eigenvalue weighted by Crippen LogP contribution is 2.13. The van der Waals surface area contributed by atoms with Crippen LogP contribution in [0.5, 0.6) is 5.75 Å². The van der Waals surface area contributed by atoms with Gasteiger partial charge in [0.2, 0.25) is 11.8 Å². The number of carbonyl (C=O) groups is 3. The van der Waals surface area contributed by atoms with E-state index in [1.54, 1.807) is 31.4 Å². The maximum atomic E-state index is 12.7. The van der Waals surface area contributed by atoms with Gasteiger partial charge in [-0.1, -0.05) is 46.2 Å². The van der Waals surface area contributed by atoms with Crippen LogP contribution in [-0.4, -0.2) is 37.1 Å². The van der Waals surface area contributed by atoms with E-state index >= 15 is 0 Å². The smallest absolute Gasteiger partial charge is 0.408 e. The van der Waals surface area contributed by atoms with Crippen molar-refractivity contribution in [3.05, 3.63) is 29.8 Å². The number of alkyl carbamates (subject to hydrolysis) is 1. The van der Waals surface area contributed by atoms with Crippen molar-refractivity contribution < 1.29 is 23.9 Å². The molecular weight excluding hydrogens is 374 g/mol. The van der Waals surface area contributed by atoms with Gasteiger partial charge in [0, 0.05) is 0 Å². The monoisotopic (exact) mass is 407 g/mol. The van der Waals surface area contributed by atoms with Gasteiger partial charge in [-0.2, -0.15) is 0 Å². The van der Waals surface area contributed by atoms with Crippen LogP contribution in [0.15, 0.2) is 24.3 Å². The topological polar surface area (TPSA) is 120 Å². The van der Waals surface area contributed by atoms with Crippen LogP contribution in [0.1, 0.15) is 46.1 Å². The Morgan fingerprint density at radius 2 is 1.69 bits per heavy atom. The molecule has 0 saturated carbocycles. The number of carbonyl (C=O) groups excluding carboxylic acids is 3. The number of primary amides is 1. The number of nitrogens with one attached hydrogen (secondary N) is 2. The number of benzene rings is 1. The normalized spacial score (nSPS) is 13.9. The van der Waals surface area contributed by atoms with Crippen LogP contribution >= 0.6 is 0 Å². The molecule has 1 aromatic carbocycles. The molecule has 8 heteroatoms. The zero-order chi connectivity index (χ0) is 22.0. The van der Waals surface area contributed by atoms with Gasteiger partial charge in [0.25, 0.3) is 0 Å². The van der Waals surface area contributed by atoms with Crippen molar-refractivity contribution in [3.63, 3.8) is 0 Å². The van der Waals surface area contributed by atoms with Gasteiger partial charge in [-0.25, -0.2) is 4.79 Å². The molecule has 3 atom stereocenters. The summed E-state index contributed by atoms with van der Waals surface area (Å²) in [6.45, 7) is 7.68. The minimum absolute atomic E-state index is 0.0582. The number of nitrogens with two attached hydrogens (primary N) is 1. The van der Waals surface area contributed by atoms with Crippen molar-refractivity contribution in [3.8, 4) is 5.75 Å². The van der Waals surface area contributed by atoms with E-state index in [2.05, 4.69) is 10.6 Å². The molecule has 8 nitrogen and oxygen atoms in total. The molecule has 0 heterocycles. The van der Waals surface area contributed by atoms with Crippen molar-refractivity contribution in [1.29, 1.82) is 0 Å². The van der Waals surface area contributed by atoms with Gasteiger partial charge in [-0.15, -0.1) is 0 Å². The number of ether oxygens (including phenoxy) is 2. The summed E-state index contributed by atoms with van der Waals surface area (Å²) in [5.74, 6) is -0.319. The molecule has 29 heavy (non-hydrogen) atoms. The summed E-state index contributed by atoms with van der Waals surface area (Å²) >= 11 is 0. The van der Waals surface area contributed by atoms with Crippen LogP contribution in [0.4, 0.5) is 4.79 Å². The van der Waals surface area contributed by atoms with E-state index < -0.39 is 30.0 Å². The lowest BCUT2D eigenvalue weighted by molar-refractivity contribution is -0.129. The summed E-state index contributed by atoms with van der Waals surface area (Å²) in [5, 5.41) is 5.26. The minimum atomic E-state index is -0.829.